The van der Waals surface area contributed by atoms with Gasteiger partial charge in [-0.1, -0.05) is 0 Å². The highest BCUT2D eigenvalue weighted by atomic mass is 16.5. The van der Waals surface area contributed by atoms with Gasteiger partial charge in [0.25, 0.3) is 0 Å². The molecule has 0 aliphatic heterocycles. The maximum Gasteiger partial charge on any atom is 0.221 e. The first kappa shape index (κ1) is 11.1. The number of carbonyl (C=O) groups excluding carboxylic acids is 1. The molecule has 1 rings (SSSR count). The van der Waals surface area contributed by atoms with E-state index >= 15 is 0 Å². The monoisotopic (exact) mass is 204 g/mol. The average Bonchev–Trinajstić information content (AvgIpc) is 2.18. The van der Waals surface area contributed by atoms with E-state index in [9.17, 15) is 4.79 Å². The fraction of sp³-hybridized carbons (Fsp3) is 0.273. The summed E-state index contributed by atoms with van der Waals surface area (Å²) in [5.41, 5.74) is 1.44. The van der Waals surface area contributed by atoms with E-state index in [1.54, 1.807) is 25.3 Å². The van der Waals surface area contributed by atoms with E-state index in [0.29, 0.717) is 11.4 Å². The molecule has 0 aromatic heterocycles. The number of anilines is 1. The van der Waals surface area contributed by atoms with Gasteiger partial charge in [-0.25, -0.2) is 0 Å². The quantitative estimate of drug-likeness (QED) is 0.815. The lowest BCUT2D eigenvalue weighted by molar-refractivity contribution is -0.114. The molecule has 78 valence electrons. The van der Waals surface area contributed by atoms with Gasteiger partial charge in [0.15, 0.2) is 0 Å². The molecule has 0 atom stereocenters. The van der Waals surface area contributed by atoms with Crippen molar-refractivity contribution >= 4 is 11.6 Å². The smallest absolute Gasteiger partial charge is 0.221 e. The Morgan fingerprint density at radius 1 is 1.60 bits per heavy atom. The zero-order valence-electron chi connectivity index (χ0n) is 8.70. The Morgan fingerprint density at radius 2 is 2.33 bits per heavy atom. The summed E-state index contributed by atoms with van der Waals surface area (Å²) in [6, 6.07) is 7.26. The van der Waals surface area contributed by atoms with Crippen LogP contribution in [-0.2, 0) is 11.2 Å². The summed E-state index contributed by atoms with van der Waals surface area (Å²) in [7, 11) is 1.55. The zero-order chi connectivity index (χ0) is 11.3. The lowest BCUT2D eigenvalue weighted by atomic mass is 10.1. The molecule has 0 radical (unpaired) electrons. The van der Waals surface area contributed by atoms with Crippen LogP contribution >= 0.6 is 0 Å². The standard InChI is InChI=1S/C11H12N2O2/c1-8(14)13-10-3-4-11(15-2)9(7-10)5-6-12/h3-4,7H,5H2,1-2H3,(H,13,14). The van der Waals surface area contributed by atoms with Gasteiger partial charge in [-0.2, -0.15) is 5.26 Å². The van der Waals surface area contributed by atoms with Crippen LogP contribution in [0.5, 0.6) is 5.75 Å². The third-order valence-corrected chi connectivity index (χ3v) is 1.87. The van der Waals surface area contributed by atoms with Crippen molar-refractivity contribution < 1.29 is 9.53 Å². The van der Waals surface area contributed by atoms with Gasteiger partial charge in [0.2, 0.25) is 5.91 Å². The minimum absolute atomic E-state index is 0.136. The number of nitrogens with zero attached hydrogens (tertiary/aromatic N) is 1. The number of methoxy groups -OCH3 is 1. The van der Waals surface area contributed by atoms with Crippen LogP contribution in [-0.4, -0.2) is 13.0 Å². The molecule has 0 spiro atoms. The van der Waals surface area contributed by atoms with Crippen molar-refractivity contribution in [2.75, 3.05) is 12.4 Å². The van der Waals surface area contributed by atoms with Gasteiger partial charge in [0.05, 0.1) is 19.6 Å². The summed E-state index contributed by atoms with van der Waals surface area (Å²) < 4.78 is 5.09. The second-order valence-corrected chi connectivity index (χ2v) is 3.04. The van der Waals surface area contributed by atoms with E-state index in [1.807, 2.05) is 6.07 Å². The van der Waals surface area contributed by atoms with Crippen LogP contribution in [0.1, 0.15) is 12.5 Å². The Bertz CT molecular complexity index is 408. The first-order chi connectivity index (χ1) is 7.17. The molecule has 0 aliphatic carbocycles. The fourth-order valence-corrected chi connectivity index (χ4v) is 1.28. The maximum absolute atomic E-state index is 10.8. The predicted octanol–water partition coefficient (Wildman–Crippen LogP) is 1.72. The lowest BCUT2D eigenvalue weighted by Crippen LogP contribution is -2.06. The number of hydrogen-bond donors (Lipinski definition) is 1. The maximum atomic E-state index is 10.8. The Hall–Kier alpha value is -2.02. The van der Waals surface area contributed by atoms with E-state index in [2.05, 4.69) is 5.32 Å². The lowest BCUT2D eigenvalue weighted by Gasteiger charge is -2.08. The molecule has 0 heterocycles. The number of hydrogen-bond acceptors (Lipinski definition) is 3. The Balaban J connectivity index is 2.99. The first-order valence-corrected chi connectivity index (χ1v) is 4.49. The molecule has 4 heteroatoms. The molecule has 1 N–H and O–H groups in total. The highest BCUT2D eigenvalue weighted by Gasteiger charge is 2.04. The summed E-state index contributed by atoms with van der Waals surface area (Å²) in [5.74, 6) is 0.522. The van der Waals surface area contributed by atoms with Crippen LogP contribution in [0.2, 0.25) is 0 Å². The van der Waals surface area contributed by atoms with Crippen molar-refractivity contribution in [3.8, 4) is 11.8 Å². The zero-order valence-corrected chi connectivity index (χ0v) is 8.70. The molecule has 1 aromatic rings. The van der Waals surface area contributed by atoms with E-state index in [1.165, 1.54) is 6.92 Å². The summed E-state index contributed by atoms with van der Waals surface area (Å²) in [6.45, 7) is 1.44. The molecule has 1 aromatic carbocycles. The number of ether oxygens (including phenoxy) is 1. The fourth-order valence-electron chi connectivity index (χ4n) is 1.28. The number of benzene rings is 1. The van der Waals surface area contributed by atoms with Crippen LogP contribution in [0.25, 0.3) is 0 Å². The number of nitriles is 1. The molecule has 0 saturated carbocycles. The molecule has 0 fully saturated rings. The number of rotatable bonds is 3. The second-order valence-electron chi connectivity index (χ2n) is 3.04. The summed E-state index contributed by atoms with van der Waals surface area (Å²) >= 11 is 0. The van der Waals surface area contributed by atoms with Crippen molar-refractivity contribution in [2.24, 2.45) is 0 Å². The molecular weight excluding hydrogens is 192 g/mol. The molecule has 4 nitrogen and oxygen atoms in total. The van der Waals surface area contributed by atoms with Gasteiger partial charge < -0.3 is 10.1 Å². The normalized spacial score (nSPS) is 9.13. The molecule has 0 aliphatic rings. The minimum Gasteiger partial charge on any atom is -0.496 e. The van der Waals surface area contributed by atoms with E-state index in [-0.39, 0.29) is 12.3 Å². The minimum atomic E-state index is -0.136. The van der Waals surface area contributed by atoms with Crippen LogP contribution in [0.4, 0.5) is 5.69 Å². The average molecular weight is 204 g/mol. The van der Waals surface area contributed by atoms with Crippen molar-refractivity contribution in [1.29, 1.82) is 5.26 Å². The molecule has 15 heavy (non-hydrogen) atoms. The Kier molecular flexibility index (Phi) is 3.69. The second kappa shape index (κ2) is 5.01. The summed E-state index contributed by atoms with van der Waals surface area (Å²) in [5, 5.41) is 11.3. The summed E-state index contributed by atoms with van der Waals surface area (Å²) in [4.78, 5) is 10.8. The van der Waals surface area contributed by atoms with Gasteiger partial charge in [0.1, 0.15) is 5.75 Å². The van der Waals surface area contributed by atoms with Crippen LogP contribution < -0.4 is 10.1 Å². The topological polar surface area (TPSA) is 62.1 Å². The number of nitrogens with one attached hydrogen (secondary N) is 1. The summed E-state index contributed by atoms with van der Waals surface area (Å²) in [6.07, 6.45) is 0.261. The molecule has 0 saturated heterocycles. The Morgan fingerprint density at radius 3 is 2.87 bits per heavy atom. The predicted molar refractivity (Wildman–Crippen MR) is 56.6 cm³/mol. The van der Waals surface area contributed by atoms with Crippen LogP contribution in [0.3, 0.4) is 0 Å². The van der Waals surface area contributed by atoms with Crippen LogP contribution in [0, 0.1) is 11.3 Å². The van der Waals surface area contributed by atoms with E-state index < -0.39 is 0 Å². The number of carbonyl (C=O) groups is 1. The van der Waals surface area contributed by atoms with Crippen molar-refractivity contribution in [3.05, 3.63) is 23.8 Å². The highest BCUT2D eigenvalue weighted by Crippen LogP contribution is 2.22. The van der Waals surface area contributed by atoms with Gasteiger partial charge in [-0.05, 0) is 18.2 Å². The van der Waals surface area contributed by atoms with Crippen molar-refractivity contribution in [1.82, 2.24) is 0 Å². The highest BCUT2D eigenvalue weighted by molar-refractivity contribution is 5.88. The van der Waals surface area contributed by atoms with Crippen molar-refractivity contribution in [2.45, 2.75) is 13.3 Å². The SMILES string of the molecule is COc1ccc(NC(C)=O)cc1CC#N. The largest absolute Gasteiger partial charge is 0.496 e. The third-order valence-electron chi connectivity index (χ3n) is 1.87. The van der Waals surface area contributed by atoms with Crippen LogP contribution in [0.15, 0.2) is 18.2 Å². The molecular formula is C11H12N2O2. The molecule has 1 amide bonds. The molecule has 0 unspecified atom stereocenters. The first-order valence-electron chi connectivity index (χ1n) is 4.49. The Labute approximate surface area is 88.5 Å². The third kappa shape index (κ3) is 2.99. The van der Waals surface area contributed by atoms with E-state index in [0.717, 1.165) is 5.56 Å². The van der Waals surface area contributed by atoms with Crippen molar-refractivity contribution in [3.63, 3.8) is 0 Å². The van der Waals surface area contributed by atoms with Gasteiger partial charge >= 0.3 is 0 Å². The molecule has 0 bridgehead atoms. The van der Waals surface area contributed by atoms with Gasteiger partial charge in [-0.3, -0.25) is 4.79 Å². The van der Waals surface area contributed by atoms with E-state index in [4.69, 9.17) is 10.00 Å². The van der Waals surface area contributed by atoms with Gasteiger partial charge in [0, 0.05) is 18.2 Å². The number of amides is 1. The van der Waals surface area contributed by atoms with Gasteiger partial charge in [-0.15, -0.1) is 0 Å².